The molecular formula is C24H19F4N3O4S. The molecule has 1 amide bonds. The number of carbonyl (C=O) groups excluding carboxylic acids is 1. The molecule has 2 heterocycles. The number of sulfonamides is 1. The molecule has 1 aliphatic heterocycles. The van der Waals surface area contributed by atoms with Gasteiger partial charge in [-0.05, 0) is 66.2 Å². The van der Waals surface area contributed by atoms with Crippen LogP contribution in [0.25, 0.3) is 11.3 Å². The molecule has 1 atom stereocenters. The third kappa shape index (κ3) is 5.89. The fourth-order valence-electron chi connectivity index (χ4n) is 3.57. The van der Waals surface area contributed by atoms with Gasteiger partial charge in [-0.25, -0.2) is 12.8 Å². The average Bonchev–Trinajstić information content (AvgIpc) is 3.34. The van der Waals surface area contributed by atoms with Crippen LogP contribution in [0.1, 0.15) is 5.56 Å². The van der Waals surface area contributed by atoms with E-state index in [1.807, 2.05) is 0 Å². The van der Waals surface area contributed by atoms with E-state index in [0.717, 1.165) is 28.6 Å². The van der Waals surface area contributed by atoms with Crippen molar-refractivity contribution >= 4 is 15.9 Å². The van der Waals surface area contributed by atoms with Gasteiger partial charge in [0, 0.05) is 24.8 Å². The second-order valence-corrected chi connectivity index (χ2v) is 9.63. The number of carbonyl (C=O) groups is 1. The number of benzene rings is 2. The zero-order valence-corrected chi connectivity index (χ0v) is 19.3. The van der Waals surface area contributed by atoms with Gasteiger partial charge in [-0.2, -0.15) is 4.31 Å². The van der Waals surface area contributed by atoms with E-state index in [9.17, 15) is 30.8 Å². The van der Waals surface area contributed by atoms with Gasteiger partial charge >= 0.3 is 6.36 Å². The minimum Gasteiger partial charge on any atom is -0.406 e. The monoisotopic (exact) mass is 521 g/mol. The lowest BCUT2D eigenvalue weighted by atomic mass is 10.1. The van der Waals surface area contributed by atoms with Gasteiger partial charge in [0.05, 0.1) is 10.6 Å². The molecule has 0 saturated heterocycles. The van der Waals surface area contributed by atoms with Gasteiger partial charge in [-0.3, -0.25) is 9.78 Å². The van der Waals surface area contributed by atoms with E-state index in [-0.39, 0.29) is 23.7 Å². The molecule has 2 aromatic carbocycles. The molecular weight excluding hydrogens is 502 g/mol. The van der Waals surface area contributed by atoms with Crippen molar-refractivity contribution in [2.45, 2.75) is 23.8 Å². The minimum atomic E-state index is -4.79. The van der Waals surface area contributed by atoms with Crippen molar-refractivity contribution in [1.29, 1.82) is 0 Å². The SMILES string of the molecule is O=C(NCc1ccnc(-c2ccc(OC(F)(F)F)cc2)c1)[C@@H]1C=CCN1S(=O)(=O)c1ccc(F)cc1. The molecule has 1 N–H and O–H groups in total. The molecule has 0 fully saturated rings. The third-order valence-corrected chi connectivity index (χ3v) is 7.14. The quantitative estimate of drug-likeness (QED) is 0.375. The summed E-state index contributed by atoms with van der Waals surface area (Å²) in [5.41, 5.74) is 1.63. The highest BCUT2D eigenvalue weighted by molar-refractivity contribution is 7.89. The zero-order valence-electron chi connectivity index (χ0n) is 18.4. The Morgan fingerprint density at radius 3 is 2.44 bits per heavy atom. The Balaban J connectivity index is 1.42. The van der Waals surface area contributed by atoms with Gasteiger partial charge < -0.3 is 10.1 Å². The summed E-state index contributed by atoms with van der Waals surface area (Å²) in [6.45, 7) is 0.0453. The number of nitrogens with zero attached hydrogens (tertiary/aromatic N) is 2. The Morgan fingerprint density at radius 2 is 1.78 bits per heavy atom. The third-order valence-electron chi connectivity index (χ3n) is 5.28. The number of nitrogens with one attached hydrogen (secondary N) is 1. The molecule has 0 spiro atoms. The van der Waals surface area contributed by atoms with Crippen molar-refractivity contribution in [1.82, 2.24) is 14.6 Å². The van der Waals surface area contributed by atoms with Gasteiger partial charge in [0.1, 0.15) is 17.6 Å². The van der Waals surface area contributed by atoms with Crippen molar-refractivity contribution in [2.75, 3.05) is 6.54 Å². The first-order valence-corrected chi connectivity index (χ1v) is 12.0. The first-order chi connectivity index (χ1) is 17.0. The van der Waals surface area contributed by atoms with E-state index in [2.05, 4.69) is 15.0 Å². The van der Waals surface area contributed by atoms with Crippen LogP contribution in [0.4, 0.5) is 17.6 Å². The summed E-state index contributed by atoms with van der Waals surface area (Å²) in [5.74, 6) is -1.49. The van der Waals surface area contributed by atoms with Gasteiger partial charge in [0.25, 0.3) is 0 Å². The molecule has 1 aromatic heterocycles. The molecule has 4 rings (SSSR count). The Kier molecular flexibility index (Phi) is 7.09. The lowest BCUT2D eigenvalue weighted by Gasteiger charge is -2.23. The molecule has 0 unspecified atom stereocenters. The Bertz CT molecular complexity index is 1380. The molecule has 0 saturated carbocycles. The Morgan fingerprint density at radius 1 is 1.08 bits per heavy atom. The Hall–Kier alpha value is -3.77. The summed E-state index contributed by atoms with van der Waals surface area (Å²) < 4.78 is 81.0. The maximum absolute atomic E-state index is 13.2. The highest BCUT2D eigenvalue weighted by Gasteiger charge is 2.36. The molecule has 1 aliphatic rings. The highest BCUT2D eigenvalue weighted by Crippen LogP contribution is 2.26. The summed E-state index contributed by atoms with van der Waals surface area (Å²) in [6.07, 6.45) is -0.279. The van der Waals surface area contributed by atoms with Gasteiger partial charge in [0.2, 0.25) is 15.9 Å². The summed E-state index contributed by atoms with van der Waals surface area (Å²) in [5, 5.41) is 2.69. The summed E-state index contributed by atoms with van der Waals surface area (Å²) in [6, 6.07) is 11.7. The number of amides is 1. The summed E-state index contributed by atoms with van der Waals surface area (Å²) in [7, 11) is -4.04. The first-order valence-electron chi connectivity index (χ1n) is 10.6. The number of ether oxygens (including phenoxy) is 1. The van der Waals surface area contributed by atoms with E-state index in [1.54, 1.807) is 18.2 Å². The van der Waals surface area contributed by atoms with Crippen LogP contribution < -0.4 is 10.1 Å². The van der Waals surface area contributed by atoms with Crippen LogP contribution in [0.15, 0.2) is 83.9 Å². The topological polar surface area (TPSA) is 88.6 Å². The largest absolute Gasteiger partial charge is 0.573 e. The fraction of sp³-hybridized carbons (Fsp3) is 0.167. The normalized spacial score (nSPS) is 16.2. The molecule has 0 bridgehead atoms. The maximum atomic E-state index is 13.2. The minimum absolute atomic E-state index is 0.00868. The van der Waals surface area contributed by atoms with Gasteiger partial charge in [-0.15, -0.1) is 13.2 Å². The van der Waals surface area contributed by atoms with Gasteiger partial charge in [-0.1, -0.05) is 12.2 Å². The van der Waals surface area contributed by atoms with Crippen LogP contribution in [0.3, 0.4) is 0 Å². The van der Waals surface area contributed by atoms with Crippen LogP contribution in [-0.4, -0.2) is 42.6 Å². The average molecular weight is 521 g/mol. The van der Waals surface area contributed by atoms with E-state index >= 15 is 0 Å². The lowest BCUT2D eigenvalue weighted by Crippen LogP contribution is -2.45. The number of hydrogen-bond donors (Lipinski definition) is 1. The highest BCUT2D eigenvalue weighted by atomic mass is 32.2. The standard InChI is InChI=1S/C24H19F4N3O4S/c25-18-5-9-20(10-6-18)36(33,34)31-13-1-2-22(31)23(32)30-15-16-11-12-29-21(14-16)17-3-7-19(8-4-17)35-24(26,27)28/h1-12,14,22H,13,15H2,(H,30,32)/t22-/m0/s1. The van der Waals surface area contributed by atoms with Crippen LogP contribution in [-0.2, 0) is 21.4 Å². The van der Waals surface area contributed by atoms with Gasteiger partial charge in [0.15, 0.2) is 0 Å². The molecule has 3 aromatic rings. The molecule has 36 heavy (non-hydrogen) atoms. The number of hydrogen-bond acceptors (Lipinski definition) is 5. The first kappa shape index (κ1) is 25.3. The maximum Gasteiger partial charge on any atom is 0.573 e. The van der Waals surface area contributed by atoms with E-state index in [0.29, 0.717) is 16.8 Å². The number of pyridine rings is 1. The summed E-state index contributed by atoms with van der Waals surface area (Å²) in [4.78, 5) is 16.9. The van der Waals surface area contributed by atoms with E-state index in [4.69, 9.17) is 0 Å². The predicted molar refractivity (Wildman–Crippen MR) is 121 cm³/mol. The van der Waals surface area contributed by atoms with Crippen molar-refractivity contribution in [3.05, 3.63) is 90.4 Å². The Labute approximate surface area is 204 Å². The number of rotatable bonds is 7. The van der Waals surface area contributed by atoms with Crippen molar-refractivity contribution in [3.63, 3.8) is 0 Å². The molecule has 188 valence electrons. The predicted octanol–water partition coefficient (Wildman–Crippen LogP) is 4.03. The number of alkyl halides is 3. The van der Waals surface area contributed by atoms with Crippen molar-refractivity contribution in [3.8, 4) is 17.0 Å². The molecule has 0 aliphatic carbocycles. The fourth-order valence-corrected chi connectivity index (χ4v) is 5.07. The smallest absolute Gasteiger partial charge is 0.406 e. The van der Waals surface area contributed by atoms with Crippen LogP contribution >= 0.6 is 0 Å². The molecule has 0 radical (unpaired) electrons. The van der Waals surface area contributed by atoms with Crippen LogP contribution in [0.5, 0.6) is 5.75 Å². The van der Waals surface area contributed by atoms with E-state index in [1.165, 1.54) is 36.5 Å². The van der Waals surface area contributed by atoms with E-state index < -0.39 is 34.2 Å². The lowest BCUT2D eigenvalue weighted by molar-refractivity contribution is -0.274. The van der Waals surface area contributed by atoms with Crippen LogP contribution in [0, 0.1) is 5.82 Å². The molecule has 12 heteroatoms. The van der Waals surface area contributed by atoms with Crippen molar-refractivity contribution in [2.24, 2.45) is 0 Å². The van der Waals surface area contributed by atoms with Crippen molar-refractivity contribution < 1.29 is 35.5 Å². The van der Waals surface area contributed by atoms with Crippen LogP contribution in [0.2, 0.25) is 0 Å². The number of halogens is 4. The zero-order chi connectivity index (χ0) is 25.9. The summed E-state index contributed by atoms with van der Waals surface area (Å²) >= 11 is 0. The molecule has 7 nitrogen and oxygen atoms in total. The second kappa shape index (κ2) is 10.1. The number of aromatic nitrogens is 1. The second-order valence-electron chi connectivity index (χ2n) is 7.74.